The molecule has 5 nitrogen and oxygen atoms in total. The van der Waals surface area contributed by atoms with Gasteiger partial charge >= 0.3 is 5.97 Å². The first-order chi connectivity index (χ1) is 12.6. The van der Waals surface area contributed by atoms with Crippen LogP contribution >= 0.6 is 0 Å². The van der Waals surface area contributed by atoms with Crippen molar-refractivity contribution in [3.05, 3.63) is 29.1 Å². The van der Waals surface area contributed by atoms with E-state index < -0.39 is 0 Å². The number of nitrogens with one attached hydrogen (secondary N) is 1. The Bertz CT molecular complexity index is 838. The summed E-state index contributed by atoms with van der Waals surface area (Å²) in [6, 6.07) is 2.63. The van der Waals surface area contributed by atoms with Gasteiger partial charge in [-0.3, -0.25) is 9.78 Å². The van der Waals surface area contributed by atoms with Crippen LogP contribution in [0.2, 0.25) is 0 Å². The number of anilines is 1. The van der Waals surface area contributed by atoms with Crippen LogP contribution in [0.3, 0.4) is 0 Å². The number of pyridine rings is 1. The summed E-state index contributed by atoms with van der Waals surface area (Å²) in [7, 11) is 1.52. The second-order valence-electron chi connectivity index (χ2n) is 8.54. The first-order valence-electron chi connectivity index (χ1n) is 9.57. The van der Waals surface area contributed by atoms with E-state index in [1.807, 2.05) is 0 Å². The van der Waals surface area contributed by atoms with Gasteiger partial charge in [0.05, 0.1) is 29.5 Å². The van der Waals surface area contributed by atoms with Crippen LogP contribution in [0.4, 0.5) is 5.69 Å². The van der Waals surface area contributed by atoms with Gasteiger partial charge in [-0.05, 0) is 49.9 Å². The van der Waals surface area contributed by atoms with Gasteiger partial charge in [0.25, 0.3) is 0 Å². The second-order valence-corrected chi connectivity index (χ2v) is 8.54. The Morgan fingerprint density at radius 3 is 2.81 bits per heavy atom. The minimum absolute atomic E-state index is 0.0131. The summed E-state index contributed by atoms with van der Waals surface area (Å²) in [6.45, 7) is 0. The lowest BCUT2D eigenvalue weighted by molar-refractivity contribution is -0.169. The molecule has 1 aromatic rings. The van der Waals surface area contributed by atoms with E-state index in [1.54, 1.807) is 6.20 Å². The van der Waals surface area contributed by atoms with Crippen molar-refractivity contribution < 1.29 is 9.53 Å². The number of nitriles is 1. The number of nitrogens with zero attached hydrogens (tertiary/aromatic N) is 2. The van der Waals surface area contributed by atoms with Crippen LogP contribution in [0.15, 0.2) is 12.3 Å². The van der Waals surface area contributed by atoms with Gasteiger partial charge in [0.2, 0.25) is 0 Å². The van der Waals surface area contributed by atoms with Crippen LogP contribution in [-0.2, 0) is 16.0 Å². The molecule has 4 saturated carbocycles. The highest BCUT2D eigenvalue weighted by Gasteiger charge is 2.59. The topological polar surface area (TPSA) is 75.0 Å². The molecule has 2 atom stereocenters. The predicted molar refractivity (Wildman–Crippen MR) is 97.1 cm³/mol. The predicted octanol–water partition coefficient (Wildman–Crippen LogP) is 3.30. The van der Waals surface area contributed by atoms with Crippen LogP contribution in [0, 0.1) is 34.5 Å². The molecule has 0 aromatic carbocycles. The molecule has 1 aromatic heterocycles. The van der Waals surface area contributed by atoms with Crippen molar-refractivity contribution in [2.45, 2.75) is 44.6 Å². The number of aromatic nitrogens is 1. The van der Waals surface area contributed by atoms with E-state index in [2.05, 4.69) is 28.5 Å². The Kier molecular flexibility index (Phi) is 3.40. The maximum Gasteiger partial charge on any atom is 0.311 e. The average Bonchev–Trinajstić information content (AvgIpc) is 3.12. The number of esters is 1. The van der Waals surface area contributed by atoms with Crippen molar-refractivity contribution in [3.63, 3.8) is 0 Å². The molecule has 1 N–H and O–H groups in total. The molecule has 0 saturated heterocycles. The molecule has 134 valence electrons. The molecule has 5 heteroatoms. The summed E-state index contributed by atoms with van der Waals surface area (Å²) >= 11 is 0. The summed E-state index contributed by atoms with van der Waals surface area (Å²) in [5.41, 5.74) is 3.41. The van der Waals surface area contributed by atoms with Gasteiger partial charge < -0.3 is 10.1 Å². The Morgan fingerprint density at radius 1 is 1.35 bits per heavy atom. The summed E-state index contributed by atoms with van der Waals surface area (Å²) in [4.78, 5) is 16.9. The normalized spacial score (nSPS) is 35.8. The average molecular weight is 349 g/mol. The lowest BCUT2D eigenvalue weighted by Gasteiger charge is -2.58. The first-order valence-corrected chi connectivity index (χ1v) is 9.57. The van der Waals surface area contributed by atoms with Crippen molar-refractivity contribution in [2.75, 3.05) is 12.4 Å². The SMILES string of the molecule is COC(=O)C12CC3CC(C1)C(Nc1c(C#N)cnc4c1C=CC4)C(C3)C2. The zero-order chi connectivity index (χ0) is 17.9. The van der Waals surface area contributed by atoms with Gasteiger partial charge in [-0.2, -0.15) is 5.26 Å². The van der Waals surface area contributed by atoms with Crippen LogP contribution in [0.1, 0.15) is 48.9 Å². The highest BCUT2D eigenvalue weighted by atomic mass is 16.5. The van der Waals surface area contributed by atoms with Crippen molar-refractivity contribution in [1.29, 1.82) is 5.26 Å². The largest absolute Gasteiger partial charge is 0.469 e. The van der Waals surface area contributed by atoms with Gasteiger partial charge in [-0.25, -0.2) is 0 Å². The van der Waals surface area contributed by atoms with E-state index in [-0.39, 0.29) is 11.4 Å². The third kappa shape index (κ3) is 2.14. The monoisotopic (exact) mass is 349 g/mol. The summed E-state index contributed by atoms with van der Waals surface area (Å²) in [5.74, 6) is 1.58. The number of rotatable bonds is 3. The molecule has 26 heavy (non-hydrogen) atoms. The molecule has 0 amide bonds. The van der Waals surface area contributed by atoms with E-state index in [4.69, 9.17) is 4.74 Å². The van der Waals surface area contributed by atoms with Crippen molar-refractivity contribution >= 4 is 17.7 Å². The molecule has 5 aliphatic carbocycles. The van der Waals surface area contributed by atoms with Gasteiger partial charge in [-0.1, -0.05) is 12.2 Å². The maximum absolute atomic E-state index is 12.5. The van der Waals surface area contributed by atoms with Gasteiger partial charge in [0, 0.05) is 24.2 Å². The van der Waals surface area contributed by atoms with Gasteiger partial charge in [0.1, 0.15) is 6.07 Å². The molecule has 1 heterocycles. The summed E-state index contributed by atoms with van der Waals surface area (Å²) in [5, 5.41) is 13.3. The van der Waals surface area contributed by atoms with E-state index in [9.17, 15) is 10.1 Å². The molecular weight excluding hydrogens is 326 g/mol. The fourth-order valence-electron chi connectivity index (χ4n) is 6.33. The third-order valence-corrected chi connectivity index (χ3v) is 7.12. The number of carbonyl (C=O) groups is 1. The van der Waals surface area contributed by atoms with Crippen molar-refractivity contribution in [3.8, 4) is 6.07 Å². The molecule has 5 aliphatic rings. The van der Waals surface area contributed by atoms with Gasteiger partial charge in [0.15, 0.2) is 0 Å². The molecule has 0 aliphatic heterocycles. The molecule has 0 spiro atoms. The van der Waals surface area contributed by atoms with E-state index >= 15 is 0 Å². The highest BCUT2D eigenvalue weighted by Crippen LogP contribution is 2.61. The van der Waals surface area contributed by atoms with Crippen molar-refractivity contribution in [1.82, 2.24) is 4.98 Å². The van der Waals surface area contributed by atoms with Crippen molar-refractivity contribution in [2.24, 2.45) is 23.2 Å². The van der Waals surface area contributed by atoms with E-state index in [1.165, 1.54) is 20.0 Å². The lowest BCUT2D eigenvalue weighted by atomic mass is 9.48. The molecular formula is C21H23N3O2. The number of hydrogen-bond donors (Lipinski definition) is 1. The number of methoxy groups -OCH3 is 1. The molecule has 4 fully saturated rings. The van der Waals surface area contributed by atoms with Gasteiger partial charge in [-0.15, -0.1) is 0 Å². The zero-order valence-corrected chi connectivity index (χ0v) is 15.0. The maximum atomic E-state index is 12.5. The van der Waals surface area contributed by atoms with E-state index in [0.29, 0.717) is 29.4 Å². The van der Waals surface area contributed by atoms with Crippen LogP contribution in [0.25, 0.3) is 6.08 Å². The molecule has 6 rings (SSSR count). The van der Waals surface area contributed by atoms with Crippen LogP contribution in [0.5, 0.6) is 0 Å². The Labute approximate surface area is 153 Å². The number of hydrogen-bond acceptors (Lipinski definition) is 5. The Hall–Kier alpha value is -2.35. The Morgan fingerprint density at radius 2 is 2.12 bits per heavy atom. The van der Waals surface area contributed by atoms with Crippen LogP contribution < -0.4 is 5.32 Å². The molecule has 2 unspecified atom stereocenters. The number of fused-ring (bicyclic) bond motifs is 1. The number of ether oxygens (including phenoxy) is 1. The standard InChI is InChI=1S/C21H23N3O2/c1-26-20(25)21-7-12-5-13(8-21)18(14(6-12)9-21)24-19-15(10-22)11-23-17-4-2-3-16(17)19/h2-3,11-14,18H,4-9H2,1H3,(H,23,24). The molecule has 0 radical (unpaired) electrons. The minimum atomic E-state index is -0.262. The third-order valence-electron chi connectivity index (χ3n) is 7.12. The minimum Gasteiger partial charge on any atom is -0.469 e. The summed E-state index contributed by atoms with van der Waals surface area (Å²) in [6.07, 6.45) is 11.9. The number of allylic oxidation sites excluding steroid dienone is 1. The zero-order valence-electron chi connectivity index (χ0n) is 15.0. The lowest BCUT2D eigenvalue weighted by Crippen LogP contribution is -2.58. The fourth-order valence-corrected chi connectivity index (χ4v) is 6.33. The number of carbonyl (C=O) groups excluding carboxylic acids is 1. The van der Waals surface area contributed by atoms with E-state index in [0.717, 1.165) is 42.6 Å². The quantitative estimate of drug-likeness (QED) is 0.848. The Balaban J connectivity index is 1.48. The second kappa shape index (κ2) is 5.57. The first kappa shape index (κ1) is 15.9. The van der Waals surface area contributed by atoms with Crippen LogP contribution in [-0.4, -0.2) is 24.1 Å². The summed E-state index contributed by atoms with van der Waals surface area (Å²) < 4.78 is 5.17. The molecule has 4 bridgehead atoms. The highest BCUT2D eigenvalue weighted by molar-refractivity contribution is 5.78. The smallest absolute Gasteiger partial charge is 0.311 e. The fraction of sp³-hybridized carbons (Fsp3) is 0.571.